The quantitative estimate of drug-likeness (QED) is 0.340. The lowest BCUT2D eigenvalue weighted by Gasteiger charge is -2.12. The van der Waals surface area contributed by atoms with Crippen molar-refractivity contribution >= 4 is 35.1 Å². The second-order valence-corrected chi connectivity index (χ2v) is 8.52. The molecule has 0 fully saturated rings. The van der Waals surface area contributed by atoms with Crippen LogP contribution in [0.15, 0.2) is 72.0 Å². The minimum atomic E-state index is -0.201. The molecular formula is C24H22ClN5O2S. The van der Waals surface area contributed by atoms with Gasteiger partial charge in [0.05, 0.1) is 17.4 Å². The lowest BCUT2D eigenvalue weighted by atomic mass is 10.1. The summed E-state index contributed by atoms with van der Waals surface area (Å²) < 4.78 is 7.52. The number of hydrogen-bond donors (Lipinski definition) is 1. The van der Waals surface area contributed by atoms with Gasteiger partial charge in [0.15, 0.2) is 11.0 Å². The Morgan fingerprint density at radius 3 is 2.64 bits per heavy atom. The fraction of sp³-hybridized carbons (Fsp3) is 0.167. The molecule has 0 saturated heterocycles. The van der Waals surface area contributed by atoms with Crippen LogP contribution in [-0.4, -0.2) is 38.0 Å². The molecule has 2 aromatic heterocycles. The van der Waals surface area contributed by atoms with E-state index in [4.69, 9.17) is 16.3 Å². The first-order chi connectivity index (χ1) is 16.0. The molecule has 168 valence electrons. The van der Waals surface area contributed by atoms with Gasteiger partial charge in [-0.2, -0.15) is 0 Å². The number of hydrogen-bond acceptors (Lipinski definition) is 6. The second kappa shape index (κ2) is 10.5. The summed E-state index contributed by atoms with van der Waals surface area (Å²) in [6.07, 6.45) is 1.49. The summed E-state index contributed by atoms with van der Waals surface area (Å²) in [5.74, 6) is 1.88. The van der Waals surface area contributed by atoms with Crippen LogP contribution in [0.3, 0.4) is 0 Å². The van der Waals surface area contributed by atoms with E-state index < -0.39 is 0 Å². The smallest absolute Gasteiger partial charge is 0.236 e. The molecule has 1 amide bonds. The lowest BCUT2D eigenvalue weighted by Crippen LogP contribution is -2.15. The summed E-state index contributed by atoms with van der Waals surface area (Å²) in [6.45, 7) is 4.58. The van der Waals surface area contributed by atoms with E-state index >= 15 is 0 Å². The highest BCUT2D eigenvalue weighted by Gasteiger charge is 2.18. The number of carbonyl (C=O) groups excluding carboxylic acids is 1. The van der Waals surface area contributed by atoms with E-state index in [1.165, 1.54) is 18.0 Å². The monoisotopic (exact) mass is 479 g/mol. The number of ether oxygens (including phenoxy) is 1. The molecule has 4 rings (SSSR count). The highest BCUT2D eigenvalue weighted by molar-refractivity contribution is 7.99. The zero-order valence-electron chi connectivity index (χ0n) is 18.2. The van der Waals surface area contributed by atoms with Crippen LogP contribution in [0, 0.1) is 6.92 Å². The highest BCUT2D eigenvalue weighted by atomic mass is 35.5. The van der Waals surface area contributed by atoms with E-state index in [9.17, 15) is 4.79 Å². The molecule has 0 radical (unpaired) electrons. The summed E-state index contributed by atoms with van der Waals surface area (Å²) in [6, 6.07) is 19.1. The van der Waals surface area contributed by atoms with E-state index in [1.807, 2.05) is 60.9 Å². The Morgan fingerprint density at radius 2 is 1.94 bits per heavy atom. The predicted molar refractivity (Wildman–Crippen MR) is 131 cm³/mol. The number of anilines is 1. The van der Waals surface area contributed by atoms with Crippen molar-refractivity contribution in [2.24, 2.45) is 0 Å². The molecule has 7 nitrogen and oxygen atoms in total. The first-order valence-corrected chi connectivity index (χ1v) is 11.7. The fourth-order valence-electron chi connectivity index (χ4n) is 3.18. The predicted octanol–water partition coefficient (Wildman–Crippen LogP) is 5.42. The van der Waals surface area contributed by atoms with E-state index in [0.29, 0.717) is 28.4 Å². The number of amides is 1. The number of rotatable bonds is 8. The molecule has 0 atom stereocenters. The van der Waals surface area contributed by atoms with Crippen molar-refractivity contribution in [3.8, 4) is 22.8 Å². The number of nitrogens with one attached hydrogen (secondary N) is 1. The van der Waals surface area contributed by atoms with E-state index in [0.717, 1.165) is 22.6 Å². The van der Waals surface area contributed by atoms with Gasteiger partial charge in [0, 0.05) is 17.4 Å². The lowest BCUT2D eigenvalue weighted by molar-refractivity contribution is -0.113. The minimum absolute atomic E-state index is 0.146. The number of aromatic nitrogens is 4. The Kier molecular flexibility index (Phi) is 7.26. The summed E-state index contributed by atoms with van der Waals surface area (Å²) in [4.78, 5) is 16.6. The van der Waals surface area contributed by atoms with Gasteiger partial charge in [0.1, 0.15) is 11.6 Å². The normalized spacial score (nSPS) is 10.8. The van der Waals surface area contributed by atoms with Crippen LogP contribution >= 0.6 is 23.4 Å². The van der Waals surface area contributed by atoms with Gasteiger partial charge in [-0.3, -0.25) is 9.36 Å². The third kappa shape index (κ3) is 5.71. The van der Waals surface area contributed by atoms with E-state index in [-0.39, 0.29) is 11.7 Å². The maximum atomic E-state index is 12.5. The Morgan fingerprint density at radius 1 is 1.12 bits per heavy atom. The van der Waals surface area contributed by atoms with Gasteiger partial charge in [-0.15, -0.1) is 10.2 Å². The summed E-state index contributed by atoms with van der Waals surface area (Å²) in [5, 5.41) is 12.7. The summed E-state index contributed by atoms with van der Waals surface area (Å²) in [5.41, 5.74) is 2.94. The Hall–Kier alpha value is -3.36. The molecule has 2 aromatic carbocycles. The summed E-state index contributed by atoms with van der Waals surface area (Å²) >= 11 is 7.15. The van der Waals surface area contributed by atoms with Crippen LogP contribution in [0.1, 0.15) is 12.5 Å². The molecule has 0 aliphatic heterocycles. The molecule has 4 aromatic rings. The molecule has 0 bridgehead atoms. The van der Waals surface area contributed by atoms with Crippen molar-refractivity contribution in [1.82, 2.24) is 19.7 Å². The van der Waals surface area contributed by atoms with Crippen LogP contribution in [-0.2, 0) is 4.79 Å². The molecule has 0 unspecified atom stereocenters. The van der Waals surface area contributed by atoms with Gasteiger partial charge >= 0.3 is 0 Å². The SMILES string of the molecule is CCOc1ccc(-n2c(SCC(=O)Nc3ccc(Cl)cn3)nnc2-c2cccc(C)c2)cc1. The number of nitrogens with zero attached hydrogens (tertiary/aromatic N) is 4. The number of pyridine rings is 1. The van der Waals surface area contributed by atoms with Gasteiger partial charge in [-0.1, -0.05) is 47.1 Å². The standard InChI is InChI=1S/C24H22ClN5O2S/c1-3-32-20-10-8-19(9-11-20)30-23(17-6-4-5-16(2)13-17)28-29-24(30)33-15-22(31)27-21-12-7-18(25)14-26-21/h4-14H,3,15H2,1-2H3,(H,26,27,31). The molecule has 1 N–H and O–H groups in total. The molecule has 0 saturated carbocycles. The summed E-state index contributed by atoms with van der Waals surface area (Å²) in [7, 11) is 0. The van der Waals surface area contributed by atoms with Crippen molar-refractivity contribution in [3.63, 3.8) is 0 Å². The van der Waals surface area contributed by atoms with Gasteiger partial charge < -0.3 is 10.1 Å². The molecule has 2 heterocycles. The zero-order valence-corrected chi connectivity index (χ0v) is 19.7. The maximum absolute atomic E-state index is 12.5. The molecular weight excluding hydrogens is 458 g/mol. The van der Waals surface area contributed by atoms with Crippen molar-refractivity contribution in [3.05, 3.63) is 77.4 Å². The Bertz CT molecular complexity index is 1240. The van der Waals surface area contributed by atoms with Gasteiger partial charge in [0.2, 0.25) is 5.91 Å². The third-order valence-corrected chi connectivity index (χ3v) is 5.80. The largest absolute Gasteiger partial charge is 0.494 e. The first-order valence-electron chi connectivity index (χ1n) is 10.3. The van der Waals surface area contributed by atoms with Crippen molar-refractivity contribution < 1.29 is 9.53 Å². The van der Waals surface area contributed by atoms with Crippen LogP contribution in [0.25, 0.3) is 17.1 Å². The zero-order chi connectivity index (χ0) is 23.2. The number of benzene rings is 2. The van der Waals surface area contributed by atoms with Gasteiger partial charge in [-0.25, -0.2) is 4.98 Å². The minimum Gasteiger partial charge on any atom is -0.494 e. The molecule has 0 aliphatic rings. The maximum Gasteiger partial charge on any atom is 0.236 e. The van der Waals surface area contributed by atoms with Crippen LogP contribution in [0.5, 0.6) is 5.75 Å². The third-order valence-electron chi connectivity index (χ3n) is 4.64. The van der Waals surface area contributed by atoms with Crippen LogP contribution < -0.4 is 10.1 Å². The van der Waals surface area contributed by atoms with E-state index in [2.05, 4.69) is 26.6 Å². The second-order valence-electron chi connectivity index (χ2n) is 7.14. The first kappa shape index (κ1) is 22.8. The Labute approximate surface area is 201 Å². The fourth-order valence-corrected chi connectivity index (χ4v) is 4.05. The Balaban J connectivity index is 1.60. The number of thioether (sulfide) groups is 1. The molecule has 0 spiro atoms. The van der Waals surface area contributed by atoms with Crippen LogP contribution in [0.2, 0.25) is 5.02 Å². The van der Waals surface area contributed by atoms with Gasteiger partial charge in [0.25, 0.3) is 0 Å². The average molecular weight is 480 g/mol. The van der Waals surface area contributed by atoms with Crippen molar-refractivity contribution in [2.75, 3.05) is 17.7 Å². The van der Waals surface area contributed by atoms with E-state index in [1.54, 1.807) is 12.1 Å². The molecule has 0 aliphatic carbocycles. The van der Waals surface area contributed by atoms with Crippen LogP contribution in [0.4, 0.5) is 5.82 Å². The van der Waals surface area contributed by atoms with Crippen molar-refractivity contribution in [1.29, 1.82) is 0 Å². The van der Waals surface area contributed by atoms with Crippen molar-refractivity contribution in [2.45, 2.75) is 19.0 Å². The topological polar surface area (TPSA) is 81.9 Å². The molecule has 33 heavy (non-hydrogen) atoms. The number of halogens is 1. The number of aryl methyl sites for hydroxylation is 1. The number of carbonyl (C=O) groups is 1. The molecule has 9 heteroatoms. The van der Waals surface area contributed by atoms with Gasteiger partial charge in [-0.05, 0) is 56.3 Å². The average Bonchev–Trinajstić information content (AvgIpc) is 3.24. The highest BCUT2D eigenvalue weighted by Crippen LogP contribution is 2.29.